The standard InChI is InChI=1S/C10H16N4O2S/c1-9(2)8-14(7-3-5-11)17(15,16)10-4-6-12-13-10/h4,6,9H,3,7-8H2,1-2H3,(H,12,13). The van der Waals surface area contributed by atoms with E-state index in [9.17, 15) is 8.42 Å². The SMILES string of the molecule is CC(C)CN(CCC#N)S(=O)(=O)c1ccn[nH]1. The topological polar surface area (TPSA) is 89.8 Å². The van der Waals surface area contributed by atoms with Gasteiger partial charge in [0, 0.05) is 19.5 Å². The monoisotopic (exact) mass is 256 g/mol. The average Bonchev–Trinajstić information content (AvgIpc) is 2.77. The van der Waals surface area contributed by atoms with E-state index in [1.165, 1.54) is 16.6 Å². The van der Waals surface area contributed by atoms with Crippen molar-refractivity contribution >= 4 is 10.0 Å². The van der Waals surface area contributed by atoms with Gasteiger partial charge in [-0.2, -0.15) is 14.7 Å². The number of H-pyrrole nitrogens is 1. The van der Waals surface area contributed by atoms with E-state index in [0.29, 0.717) is 6.54 Å². The van der Waals surface area contributed by atoms with Crippen LogP contribution in [0.25, 0.3) is 0 Å². The molecule has 0 aliphatic heterocycles. The Morgan fingerprint density at radius 1 is 1.59 bits per heavy atom. The second kappa shape index (κ2) is 5.80. The summed E-state index contributed by atoms with van der Waals surface area (Å²) in [5, 5.41) is 14.7. The van der Waals surface area contributed by atoms with Crippen molar-refractivity contribution in [1.82, 2.24) is 14.5 Å². The molecule has 0 aliphatic rings. The zero-order valence-electron chi connectivity index (χ0n) is 9.92. The summed E-state index contributed by atoms with van der Waals surface area (Å²) in [5.74, 6) is 0.200. The van der Waals surface area contributed by atoms with Crippen molar-refractivity contribution in [2.24, 2.45) is 5.92 Å². The summed E-state index contributed by atoms with van der Waals surface area (Å²) in [5.41, 5.74) is 0. The van der Waals surface area contributed by atoms with Gasteiger partial charge >= 0.3 is 0 Å². The second-order valence-corrected chi connectivity index (χ2v) is 5.99. The maximum absolute atomic E-state index is 12.2. The first-order chi connectivity index (χ1) is 7.98. The molecule has 0 aliphatic carbocycles. The van der Waals surface area contributed by atoms with Gasteiger partial charge in [0.2, 0.25) is 0 Å². The van der Waals surface area contributed by atoms with Crippen molar-refractivity contribution in [1.29, 1.82) is 5.26 Å². The maximum atomic E-state index is 12.2. The van der Waals surface area contributed by atoms with Crippen LogP contribution in [0.4, 0.5) is 0 Å². The number of aromatic nitrogens is 2. The Balaban J connectivity index is 2.93. The Morgan fingerprint density at radius 2 is 2.29 bits per heavy atom. The highest BCUT2D eigenvalue weighted by molar-refractivity contribution is 7.89. The number of nitrogens with zero attached hydrogens (tertiary/aromatic N) is 3. The van der Waals surface area contributed by atoms with Gasteiger partial charge in [0.05, 0.1) is 12.3 Å². The molecule has 17 heavy (non-hydrogen) atoms. The molecule has 0 bridgehead atoms. The fraction of sp³-hybridized carbons (Fsp3) is 0.600. The number of hydrogen-bond donors (Lipinski definition) is 1. The number of sulfonamides is 1. The van der Waals surface area contributed by atoms with Gasteiger partial charge in [-0.1, -0.05) is 13.8 Å². The molecule has 0 saturated heterocycles. The highest BCUT2D eigenvalue weighted by Gasteiger charge is 2.25. The van der Waals surface area contributed by atoms with Crippen molar-refractivity contribution < 1.29 is 8.42 Å². The molecule has 1 heterocycles. The lowest BCUT2D eigenvalue weighted by molar-refractivity contribution is 0.371. The summed E-state index contributed by atoms with van der Waals surface area (Å²) in [7, 11) is -3.56. The Bertz CT molecular complexity index is 473. The van der Waals surface area contributed by atoms with Gasteiger partial charge in [0.15, 0.2) is 5.03 Å². The summed E-state index contributed by atoms with van der Waals surface area (Å²) in [6.45, 7) is 4.46. The van der Waals surface area contributed by atoms with Gasteiger partial charge in [-0.25, -0.2) is 8.42 Å². The van der Waals surface area contributed by atoms with Crippen LogP contribution in [0.2, 0.25) is 0 Å². The van der Waals surface area contributed by atoms with Gasteiger partial charge in [0.25, 0.3) is 10.0 Å². The Labute approximate surface area is 101 Å². The number of aromatic amines is 1. The van der Waals surface area contributed by atoms with Gasteiger partial charge in [0.1, 0.15) is 0 Å². The predicted octanol–water partition coefficient (Wildman–Crippen LogP) is 0.970. The molecule has 0 atom stereocenters. The van der Waals surface area contributed by atoms with E-state index in [-0.39, 0.29) is 23.9 Å². The molecule has 1 rings (SSSR count). The fourth-order valence-electron chi connectivity index (χ4n) is 1.42. The van der Waals surface area contributed by atoms with E-state index in [1.807, 2.05) is 19.9 Å². The Kier molecular flexibility index (Phi) is 4.66. The Hall–Kier alpha value is -1.39. The highest BCUT2D eigenvalue weighted by atomic mass is 32.2. The predicted molar refractivity (Wildman–Crippen MR) is 62.4 cm³/mol. The van der Waals surface area contributed by atoms with E-state index in [4.69, 9.17) is 5.26 Å². The number of hydrogen-bond acceptors (Lipinski definition) is 4. The minimum atomic E-state index is -3.56. The molecule has 0 saturated carbocycles. The highest BCUT2D eigenvalue weighted by Crippen LogP contribution is 2.14. The molecule has 1 N–H and O–H groups in total. The van der Waals surface area contributed by atoms with Gasteiger partial charge in [-0.15, -0.1) is 0 Å². The maximum Gasteiger partial charge on any atom is 0.260 e. The molecule has 6 nitrogen and oxygen atoms in total. The van der Waals surface area contributed by atoms with Crippen LogP contribution in [0.1, 0.15) is 20.3 Å². The minimum Gasteiger partial charge on any atom is -0.266 e. The van der Waals surface area contributed by atoms with E-state index < -0.39 is 10.0 Å². The molecule has 94 valence electrons. The molecule has 0 radical (unpaired) electrons. The summed E-state index contributed by atoms with van der Waals surface area (Å²) in [4.78, 5) is 0. The van der Waals surface area contributed by atoms with Crippen LogP contribution in [0, 0.1) is 17.2 Å². The average molecular weight is 256 g/mol. The smallest absolute Gasteiger partial charge is 0.260 e. The molecular formula is C10H16N4O2S. The Morgan fingerprint density at radius 3 is 2.76 bits per heavy atom. The first-order valence-electron chi connectivity index (χ1n) is 5.35. The van der Waals surface area contributed by atoms with E-state index in [0.717, 1.165) is 0 Å². The van der Waals surface area contributed by atoms with Crippen molar-refractivity contribution in [2.75, 3.05) is 13.1 Å². The first-order valence-corrected chi connectivity index (χ1v) is 6.79. The number of nitriles is 1. The molecule has 0 aromatic carbocycles. The molecular weight excluding hydrogens is 240 g/mol. The molecule has 0 amide bonds. The summed E-state index contributed by atoms with van der Waals surface area (Å²) in [6, 6.07) is 3.37. The van der Waals surface area contributed by atoms with Crippen LogP contribution in [0.3, 0.4) is 0 Å². The van der Waals surface area contributed by atoms with Crippen LogP contribution in [0.15, 0.2) is 17.3 Å². The van der Waals surface area contributed by atoms with Crippen molar-refractivity contribution in [3.8, 4) is 6.07 Å². The van der Waals surface area contributed by atoms with Crippen LogP contribution in [0.5, 0.6) is 0 Å². The number of nitrogens with one attached hydrogen (secondary N) is 1. The van der Waals surface area contributed by atoms with E-state index >= 15 is 0 Å². The van der Waals surface area contributed by atoms with Crippen molar-refractivity contribution in [3.63, 3.8) is 0 Å². The third-order valence-electron chi connectivity index (χ3n) is 2.13. The summed E-state index contributed by atoms with van der Waals surface area (Å²) < 4.78 is 25.7. The van der Waals surface area contributed by atoms with Crippen molar-refractivity contribution in [2.45, 2.75) is 25.3 Å². The summed E-state index contributed by atoms with van der Waals surface area (Å²) >= 11 is 0. The molecule has 7 heteroatoms. The number of rotatable bonds is 6. The van der Waals surface area contributed by atoms with Crippen LogP contribution >= 0.6 is 0 Å². The zero-order chi connectivity index (χ0) is 12.9. The zero-order valence-corrected chi connectivity index (χ0v) is 10.7. The second-order valence-electron chi connectivity index (χ2n) is 4.09. The molecule has 0 spiro atoms. The van der Waals surface area contributed by atoms with Gasteiger partial charge < -0.3 is 0 Å². The summed E-state index contributed by atoms with van der Waals surface area (Å²) in [6.07, 6.45) is 1.57. The van der Waals surface area contributed by atoms with Gasteiger partial charge in [-0.05, 0) is 12.0 Å². The normalized spacial score (nSPS) is 11.9. The van der Waals surface area contributed by atoms with E-state index in [1.54, 1.807) is 0 Å². The van der Waals surface area contributed by atoms with Gasteiger partial charge in [-0.3, -0.25) is 5.10 Å². The minimum absolute atomic E-state index is 0.0658. The largest absolute Gasteiger partial charge is 0.266 e. The lowest BCUT2D eigenvalue weighted by Gasteiger charge is -2.21. The molecule has 1 aromatic heterocycles. The van der Waals surface area contributed by atoms with Crippen LogP contribution in [-0.2, 0) is 10.0 Å². The quantitative estimate of drug-likeness (QED) is 0.821. The lowest BCUT2D eigenvalue weighted by atomic mass is 10.2. The molecule has 0 fully saturated rings. The first kappa shape index (κ1) is 13.7. The molecule has 0 unspecified atom stereocenters. The van der Waals surface area contributed by atoms with Crippen LogP contribution < -0.4 is 0 Å². The lowest BCUT2D eigenvalue weighted by Crippen LogP contribution is -2.35. The molecule has 1 aromatic rings. The van der Waals surface area contributed by atoms with Crippen molar-refractivity contribution in [3.05, 3.63) is 12.3 Å². The van der Waals surface area contributed by atoms with E-state index in [2.05, 4.69) is 10.2 Å². The third kappa shape index (κ3) is 3.54. The third-order valence-corrected chi connectivity index (χ3v) is 3.93. The van der Waals surface area contributed by atoms with Crippen LogP contribution in [-0.4, -0.2) is 36.0 Å². The fourth-order valence-corrected chi connectivity index (χ4v) is 2.92.